The second-order valence-corrected chi connectivity index (χ2v) is 4.35. The van der Waals surface area contributed by atoms with Gasteiger partial charge >= 0.3 is 0 Å². The highest BCUT2D eigenvalue weighted by Gasteiger charge is 2.22. The van der Waals surface area contributed by atoms with E-state index in [4.69, 9.17) is 10.2 Å². The van der Waals surface area contributed by atoms with Crippen LogP contribution in [0.1, 0.15) is 18.4 Å². The molecule has 1 rings (SSSR count). The smallest absolute Gasteiger partial charge is 0.269 e. The van der Waals surface area contributed by atoms with Gasteiger partial charge in [0.05, 0.1) is 24.1 Å². The van der Waals surface area contributed by atoms with Crippen LogP contribution in [-0.4, -0.2) is 52.2 Å². The molecule has 7 nitrogen and oxygen atoms in total. The van der Waals surface area contributed by atoms with E-state index in [9.17, 15) is 14.9 Å². The largest absolute Gasteiger partial charge is 0.395 e. The molecular formula is C13H18N2O5. The quantitative estimate of drug-likeness (QED) is 0.560. The minimum Gasteiger partial charge on any atom is -0.395 e. The maximum atomic E-state index is 12.2. The van der Waals surface area contributed by atoms with Crippen LogP contribution >= 0.6 is 0 Å². The van der Waals surface area contributed by atoms with E-state index < -0.39 is 10.8 Å². The molecule has 110 valence electrons. The van der Waals surface area contributed by atoms with Crippen molar-refractivity contribution < 1.29 is 19.9 Å². The molecule has 0 spiro atoms. The minimum atomic E-state index is -0.576. The van der Waals surface area contributed by atoms with Gasteiger partial charge in [-0.25, -0.2) is 0 Å². The highest BCUT2D eigenvalue weighted by Crippen LogP contribution is 2.22. The molecule has 1 aromatic rings. The Balaban J connectivity index is 2.91. The number of aliphatic hydroxyl groups is 2. The van der Waals surface area contributed by atoms with Gasteiger partial charge in [0.15, 0.2) is 0 Å². The van der Waals surface area contributed by atoms with Gasteiger partial charge in [-0.15, -0.1) is 0 Å². The molecule has 1 aromatic carbocycles. The molecule has 20 heavy (non-hydrogen) atoms. The normalized spacial score (nSPS) is 11.9. The van der Waals surface area contributed by atoms with Crippen molar-refractivity contribution in [2.75, 3.05) is 26.3 Å². The van der Waals surface area contributed by atoms with Crippen molar-refractivity contribution in [2.45, 2.75) is 12.8 Å². The van der Waals surface area contributed by atoms with E-state index in [-0.39, 0.29) is 37.9 Å². The Bertz CT molecular complexity index is 472. The molecule has 0 aliphatic rings. The number of nitro groups is 1. The molecular weight excluding hydrogens is 264 g/mol. The van der Waals surface area contributed by atoms with Crippen molar-refractivity contribution in [2.24, 2.45) is 0 Å². The molecule has 1 atom stereocenters. The van der Waals surface area contributed by atoms with E-state index in [0.29, 0.717) is 5.56 Å². The number of carbonyl (C=O) groups is 1. The Kier molecular flexibility index (Phi) is 6.08. The van der Waals surface area contributed by atoms with Crippen LogP contribution in [0.15, 0.2) is 24.3 Å². The van der Waals surface area contributed by atoms with Gasteiger partial charge in [0.1, 0.15) is 0 Å². The number of non-ortho nitro benzene ring substituents is 1. The summed E-state index contributed by atoms with van der Waals surface area (Å²) in [7, 11) is 0. The molecule has 0 saturated heterocycles. The molecule has 0 aliphatic carbocycles. The predicted octanol–water partition coefficient (Wildman–Crippen LogP) is 0.511. The molecule has 0 heterocycles. The topological polar surface area (TPSA) is 104 Å². The summed E-state index contributed by atoms with van der Waals surface area (Å²) in [5, 5.41) is 28.6. The van der Waals surface area contributed by atoms with Gasteiger partial charge in [0.2, 0.25) is 5.91 Å². The van der Waals surface area contributed by atoms with Crippen molar-refractivity contribution in [3.05, 3.63) is 39.9 Å². The van der Waals surface area contributed by atoms with E-state index >= 15 is 0 Å². The fraction of sp³-hybridized carbons (Fsp3) is 0.462. The van der Waals surface area contributed by atoms with Crippen molar-refractivity contribution in [1.29, 1.82) is 0 Å². The molecule has 2 N–H and O–H groups in total. The molecule has 0 aliphatic heterocycles. The Morgan fingerprint density at radius 1 is 1.35 bits per heavy atom. The van der Waals surface area contributed by atoms with Crippen LogP contribution in [-0.2, 0) is 4.79 Å². The van der Waals surface area contributed by atoms with Crippen LogP contribution in [0, 0.1) is 10.1 Å². The summed E-state index contributed by atoms with van der Waals surface area (Å²) < 4.78 is 0. The highest BCUT2D eigenvalue weighted by molar-refractivity contribution is 5.83. The number of hydrogen-bond acceptors (Lipinski definition) is 5. The summed E-state index contributed by atoms with van der Waals surface area (Å²) in [5.41, 5.74) is 0.461. The van der Waals surface area contributed by atoms with Gasteiger partial charge < -0.3 is 15.1 Å². The Morgan fingerprint density at radius 2 is 1.95 bits per heavy atom. The van der Waals surface area contributed by atoms with Crippen LogP contribution in [0.3, 0.4) is 0 Å². The zero-order valence-electron chi connectivity index (χ0n) is 11.2. The van der Waals surface area contributed by atoms with Crippen LogP contribution < -0.4 is 0 Å². The number of hydrogen-bond donors (Lipinski definition) is 2. The van der Waals surface area contributed by atoms with Crippen LogP contribution in [0.5, 0.6) is 0 Å². The lowest BCUT2D eigenvalue weighted by Gasteiger charge is -2.24. The zero-order chi connectivity index (χ0) is 15.1. The van der Waals surface area contributed by atoms with E-state index in [0.717, 1.165) is 0 Å². The number of amides is 1. The Morgan fingerprint density at radius 3 is 2.45 bits per heavy atom. The fourth-order valence-corrected chi connectivity index (χ4v) is 1.90. The van der Waals surface area contributed by atoms with Crippen LogP contribution in [0.25, 0.3) is 0 Å². The maximum absolute atomic E-state index is 12.2. The third-order valence-corrected chi connectivity index (χ3v) is 3.00. The average molecular weight is 282 g/mol. The maximum Gasteiger partial charge on any atom is 0.269 e. The first kappa shape index (κ1) is 16.1. The minimum absolute atomic E-state index is 0.0713. The molecule has 7 heteroatoms. The number of benzene rings is 1. The molecule has 0 aromatic heterocycles. The number of aliphatic hydroxyl groups excluding tert-OH is 2. The summed E-state index contributed by atoms with van der Waals surface area (Å²) in [6.45, 7) is 1.49. The van der Waals surface area contributed by atoms with Crippen LogP contribution in [0.2, 0.25) is 0 Å². The van der Waals surface area contributed by atoms with Gasteiger partial charge in [-0.1, -0.05) is 12.1 Å². The van der Waals surface area contributed by atoms with Gasteiger partial charge in [0, 0.05) is 25.2 Å². The molecule has 1 unspecified atom stereocenters. The van der Waals surface area contributed by atoms with E-state index in [1.54, 1.807) is 13.0 Å². The average Bonchev–Trinajstić information content (AvgIpc) is 2.45. The summed E-state index contributed by atoms with van der Waals surface area (Å²) >= 11 is 0. The van der Waals surface area contributed by atoms with Crippen molar-refractivity contribution >= 4 is 11.6 Å². The number of carbonyl (C=O) groups excluding carboxylic acids is 1. The lowest BCUT2D eigenvalue weighted by Crippen LogP contribution is -2.38. The number of nitrogens with zero attached hydrogens (tertiary/aromatic N) is 2. The standard InChI is InChI=1S/C13H18N2O5/c1-10(13(18)14(5-7-16)6-8-17)11-3-2-4-12(9-11)15(19)20/h2-4,9-10,16-17H,5-8H2,1H3. The first-order valence-corrected chi connectivity index (χ1v) is 6.26. The summed E-state index contributed by atoms with van der Waals surface area (Å²) in [6.07, 6.45) is 0. The first-order chi connectivity index (χ1) is 9.51. The van der Waals surface area contributed by atoms with Crippen molar-refractivity contribution in [3.8, 4) is 0 Å². The second-order valence-electron chi connectivity index (χ2n) is 4.35. The molecule has 0 bridgehead atoms. The third kappa shape index (κ3) is 4.01. The third-order valence-electron chi connectivity index (χ3n) is 3.00. The van der Waals surface area contributed by atoms with Gasteiger partial charge in [-0.05, 0) is 12.5 Å². The van der Waals surface area contributed by atoms with Crippen molar-refractivity contribution in [3.63, 3.8) is 0 Å². The first-order valence-electron chi connectivity index (χ1n) is 6.26. The molecule has 0 fully saturated rings. The summed E-state index contributed by atoms with van der Waals surface area (Å²) in [4.78, 5) is 23.8. The lowest BCUT2D eigenvalue weighted by molar-refractivity contribution is -0.384. The Hall–Kier alpha value is -1.99. The highest BCUT2D eigenvalue weighted by atomic mass is 16.6. The molecule has 0 saturated carbocycles. The van der Waals surface area contributed by atoms with Gasteiger partial charge in [-0.2, -0.15) is 0 Å². The second kappa shape index (κ2) is 7.56. The van der Waals surface area contributed by atoms with E-state index in [1.165, 1.54) is 23.1 Å². The SMILES string of the molecule is CC(C(=O)N(CCO)CCO)c1cccc([N+](=O)[O-])c1. The monoisotopic (exact) mass is 282 g/mol. The van der Waals surface area contributed by atoms with Crippen molar-refractivity contribution in [1.82, 2.24) is 4.90 Å². The summed E-state index contributed by atoms with van der Waals surface area (Å²) in [5.74, 6) is -0.860. The number of nitro benzene ring substituents is 1. The van der Waals surface area contributed by atoms with Crippen LogP contribution in [0.4, 0.5) is 5.69 Å². The van der Waals surface area contributed by atoms with Gasteiger partial charge in [-0.3, -0.25) is 14.9 Å². The van der Waals surface area contributed by atoms with E-state index in [1.807, 2.05) is 0 Å². The zero-order valence-corrected chi connectivity index (χ0v) is 11.2. The molecule has 1 amide bonds. The fourth-order valence-electron chi connectivity index (χ4n) is 1.90. The predicted molar refractivity (Wildman–Crippen MR) is 72.3 cm³/mol. The Labute approximate surface area is 116 Å². The van der Waals surface area contributed by atoms with E-state index in [2.05, 4.69) is 0 Å². The summed E-state index contributed by atoms with van der Waals surface area (Å²) in [6, 6.07) is 5.89. The lowest BCUT2D eigenvalue weighted by atomic mass is 9.99. The van der Waals surface area contributed by atoms with Gasteiger partial charge in [0.25, 0.3) is 5.69 Å². The number of rotatable bonds is 7. The molecule has 0 radical (unpaired) electrons.